The molecule has 0 unspecified atom stereocenters. The van der Waals surface area contributed by atoms with Crippen molar-refractivity contribution in [1.29, 1.82) is 0 Å². The van der Waals surface area contributed by atoms with Crippen molar-refractivity contribution in [3.8, 4) is 17.2 Å². The van der Waals surface area contributed by atoms with Crippen molar-refractivity contribution >= 4 is 5.97 Å². The summed E-state index contributed by atoms with van der Waals surface area (Å²) in [5.41, 5.74) is 8.14. The minimum Gasteiger partial charge on any atom is -0.493 e. The fraction of sp³-hybridized carbons (Fsp3) is 0.375. The van der Waals surface area contributed by atoms with E-state index in [2.05, 4.69) is 0 Å². The number of aromatic nitrogens is 3. The zero-order valence-corrected chi connectivity index (χ0v) is 19.0. The Morgan fingerprint density at radius 1 is 1.15 bits per heavy atom. The van der Waals surface area contributed by atoms with Crippen LogP contribution in [0.25, 0.3) is 5.69 Å². The van der Waals surface area contributed by atoms with Gasteiger partial charge < -0.3 is 25.4 Å². The van der Waals surface area contributed by atoms with Crippen LogP contribution in [-0.2, 0) is 11.4 Å². The molecule has 0 bridgehead atoms. The maximum Gasteiger partial charge on any atom is 0.300 e. The van der Waals surface area contributed by atoms with Gasteiger partial charge in [0, 0.05) is 18.9 Å². The van der Waals surface area contributed by atoms with Gasteiger partial charge in [0.25, 0.3) is 5.97 Å². The summed E-state index contributed by atoms with van der Waals surface area (Å²) < 4.78 is 13.1. The normalized spacial score (nSPS) is 19.5. The van der Waals surface area contributed by atoms with Gasteiger partial charge in [0.2, 0.25) is 0 Å². The van der Waals surface area contributed by atoms with Crippen molar-refractivity contribution < 1.29 is 24.5 Å². The van der Waals surface area contributed by atoms with Gasteiger partial charge in [-0.1, -0.05) is 29.8 Å². The summed E-state index contributed by atoms with van der Waals surface area (Å²) in [7, 11) is 1.61. The maximum atomic E-state index is 10.1. The summed E-state index contributed by atoms with van der Waals surface area (Å²) in [5, 5.41) is 22.2. The van der Waals surface area contributed by atoms with Gasteiger partial charge in [0.1, 0.15) is 12.4 Å². The number of aliphatic hydroxyl groups is 1. The Kier molecular flexibility index (Phi) is 8.02. The molecule has 1 aliphatic carbocycles. The van der Waals surface area contributed by atoms with Gasteiger partial charge in [-0.2, -0.15) is 0 Å². The number of carbonyl (C=O) groups is 1. The molecule has 4 rings (SSSR count). The van der Waals surface area contributed by atoms with Crippen LogP contribution in [0.3, 0.4) is 0 Å². The van der Waals surface area contributed by atoms with E-state index in [1.165, 1.54) is 5.56 Å². The Labute approximate surface area is 192 Å². The van der Waals surface area contributed by atoms with E-state index in [0.29, 0.717) is 30.2 Å². The summed E-state index contributed by atoms with van der Waals surface area (Å²) in [6.45, 7) is 3.35. The van der Waals surface area contributed by atoms with Gasteiger partial charge in [0.05, 0.1) is 18.9 Å². The second-order valence-corrected chi connectivity index (χ2v) is 7.99. The second-order valence-electron chi connectivity index (χ2n) is 7.99. The van der Waals surface area contributed by atoms with Crippen LogP contribution in [0.4, 0.5) is 0 Å². The first-order chi connectivity index (χ1) is 15.8. The monoisotopic (exact) mass is 454 g/mol. The number of carboxylic acids is 1. The van der Waals surface area contributed by atoms with E-state index < -0.39 is 12.1 Å². The van der Waals surface area contributed by atoms with Crippen LogP contribution in [0.1, 0.15) is 42.9 Å². The van der Waals surface area contributed by atoms with Crippen LogP contribution < -0.4 is 15.2 Å². The van der Waals surface area contributed by atoms with E-state index in [-0.39, 0.29) is 18.6 Å². The highest BCUT2D eigenvalue weighted by molar-refractivity contribution is 5.62. The number of benzene rings is 2. The Morgan fingerprint density at radius 3 is 2.36 bits per heavy atom. The Morgan fingerprint density at radius 2 is 1.79 bits per heavy atom. The molecule has 33 heavy (non-hydrogen) atoms. The molecule has 0 radical (unpaired) electrons. The highest BCUT2D eigenvalue weighted by Crippen LogP contribution is 2.34. The van der Waals surface area contributed by atoms with Crippen LogP contribution >= 0.6 is 0 Å². The largest absolute Gasteiger partial charge is 0.493 e. The number of hydrogen-bond donors (Lipinski definition) is 3. The van der Waals surface area contributed by atoms with Gasteiger partial charge in [-0.05, 0) is 44.0 Å². The predicted molar refractivity (Wildman–Crippen MR) is 123 cm³/mol. The van der Waals surface area contributed by atoms with Gasteiger partial charge in [0.15, 0.2) is 17.3 Å². The first kappa shape index (κ1) is 24.2. The first-order valence-corrected chi connectivity index (χ1v) is 10.7. The molecule has 1 saturated carbocycles. The molecule has 176 valence electrons. The average Bonchev–Trinajstić information content (AvgIpc) is 3.36. The zero-order valence-electron chi connectivity index (χ0n) is 19.0. The molecule has 0 aliphatic heterocycles. The third kappa shape index (κ3) is 6.30. The van der Waals surface area contributed by atoms with Crippen molar-refractivity contribution in [2.45, 2.75) is 51.4 Å². The van der Waals surface area contributed by atoms with E-state index in [0.717, 1.165) is 18.4 Å². The highest BCUT2D eigenvalue weighted by atomic mass is 16.5. The summed E-state index contributed by atoms with van der Waals surface area (Å²) in [6, 6.07) is 15.4. The Balaban J connectivity index is 0.000000709. The molecule has 1 aliphatic rings. The number of hydrogen-bond acceptors (Lipinski definition) is 7. The van der Waals surface area contributed by atoms with Gasteiger partial charge >= 0.3 is 0 Å². The first-order valence-electron chi connectivity index (χ1n) is 10.7. The number of aliphatic carboxylic acids is 1. The fourth-order valence-corrected chi connectivity index (χ4v) is 3.71. The molecule has 1 aromatic heterocycles. The fourth-order valence-electron chi connectivity index (χ4n) is 3.71. The number of carboxylic acid groups (broad SMARTS) is 1. The van der Waals surface area contributed by atoms with E-state index >= 15 is 0 Å². The molecule has 9 heteroatoms. The second kappa shape index (κ2) is 10.9. The number of para-hydroxylation sites is 2. The summed E-state index contributed by atoms with van der Waals surface area (Å²) in [5.74, 6) is 1.90. The predicted octanol–water partition coefficient (Wildman–Crippen LogP) is 2.82. The van der Waals surface area contributed by atoms with Crippen LogP contribution in [0.2, 0.25) is 0 Å². The molecule has 0 amide bonds. The lowest BCUT2D eigenvalue weighted by Gasteiger charge is -2.11. The number of methoxy groups -OCH3 is 1. The third-order valence-electron chi connectivity index (χ3n) is 5.32. The molecule has 0 spiro atoms. The summed E-state index contributed by atoms with van der Waals surface area (Å²) in [4.78, 5) is 13.7. The molecule has 0 saturated heterocycles. The number of aliphatic hydroxyl groups excluding tert-OH is 1. The van der Waals surface area contributed by atoms with Crippen molar-refractivity contribution in [3.63, 3.8) is 0 Å². The van der Waals surface area contributed by atoms with Crippen LogP contribution in [0, 0.1) is 6.92 Å². The molecule has 9 nitrogen and oxygen atoms in total. The minimum atomic E-state index is -0.833. The highest BCUT2D eigenvalue weighted by Gasteiger charge is 2.35. The van der Waals surface area contributed by atoms with Crippen molar-refractivity contribution in [3.05, 3.63) is 65.7 Å². The molecule has 4 N–H and O–H groups in total. The average molecular weight is 455 g/mol. The minimum absolute atomic E-state index is 0.0498. The Bertz CT molecular complexity index is 1050. The van der Waals surface area contributed by atoms with E-state index in [4.69, 9.17) is 35.2 Å². The standard InChI is InChI=1S/C22H26N4O3.C2H4O2/c1-14-7-9-16(10-8-14)26-22(15-11-17(23)18(27)12-15)24-21(25-26)13-29-20-6-4-3-5-19(20)28-2;1-2(3)4/h3-10,15,17-18,27H,11-13,23H2,1-2H3;1H3,(H,3,4)/t15-,17+,18+;/m0./s1. The molecular formula is C24H30N4O5. The molecule has 3 atom stereocenters. The van der Waals surface area contributed by atoms with E-state index in [1.54, 1.807) is 7.11 Å². The number of ether oxygens (including phenoxy) is 2. The van der Waals surface area contributed by atoms with Crippen molar-refractivity contribution in [2.24, 2.45) is 5.73 Å². The SMILES string of the molecule is CC(=O)O.COc1ccccc1OCc1nc([C@H]2C[C@@H](N)[C@H](O)C2)n(-c2ccc(C)cc2)n1. The third-order valence-corrected chi connectivity index (χ3v) is 5.32. The lowest BCUT2D eigenvalue weighted by molar-refractivity contribution is -0.134. The van der Waals surface area contributed by atoms with Crippen LogP contribution in [-0.4, -0.2) is 50.2 Å². The number of nitrogens with two attached hydrogens (primary N) is 1. The van der Waals surface area contributed by atoms with Crippen LogP contribution in [0.5, 0.6) is 11.5 Å². The number of nitrogens with zero attached hydrogens (tertiary/aromatic N) is 3. The summed E-state index contributed by atoms with van der Waals surface area (Å²) >= 11 is 0. The van der Waals surface area contributed by atoms with E-state index in [9.17, 15) is 5.11 Å². The number of rotatable bonds is 6. The van der Waals surface area contributed by atoms with Gasteiger partial charge in [-0.3, -0.25) is 4.79 Å². The van der Waals surface area contributed by atoms with Crippen LogP contribution in [0.15, 0.2) is 48.5 Å². The molecule has 3 aromatic rings. The molecule has 1 fully saturated rings. The summed E-state index contributed by atoms with van der Waals surface area (Å²) in [6.07, 6.45) is 0.744. The Hall–Kier alpha value is -3.43. The molecular weight excluding hydrogens is 424 g/mol. The lowest BCUT2D eigenvalue weighted by Crippen LogP contribution is -2.28. The van der Waals surface area contributed by atoms with Crippen molar-refractivity contribution in [2.75, 3.05) is 7.11 Å². The molecule has 1 heterocycles. The maximum absolute atomic E-state index is 10.1. The van der Waals surface area contributed by atoms with Gasteiger partial charge in [-0.25, -0.2) is 9.67 Å². The molecule has 2 aromatic carbocycles. The van der Waals surface area contributed by atoms with E-state index in [1.807, 2.05) is 60.1 Å². The number of aryl methyl sites for hydroxylation is 1. The lowest BCUT2D eigenvalue weighted by atomic mass is 10.1. The zero-order chi connectivity index (χ0) is 24.0. The van der Waals surface area contributed by atoms with Gasteiger partial charge in [-0.15, -0.1) is 5.10 Å². The smallest absolute Gasteiger partial charge is 0.300 e. The quantitative estimate of drug-likeness (QED) is 0.518. The van der Waals surface area contributed by atoms with Crippen molar-refractivity contribution in [1.82, 2.24) is 14.8 Å². The topological polar surface area (TPSA) is 133 Å².